The number of amides is 1. The van der Waals surface area contributed by atoms with Gasteiger partial charge in [0.1, 0.15) is 16.7 Å². The van der Waals surface area contributed by atoms with Crippen LogP contribution in [0.2, 0.25) is 0 Å². The molecule has 3 aromatic carbocycles. The second-order valence-electron chi connectivity index (χ2n) is 8.83. The monoisotopic (exact) mass is 531 g/mol. The van der Waals surface area contributed by atoms with Crippen LogP contribution in [0.15, 0.2) is 65.6 Å². The van der Waals surface area contributed by atoms with Gasteiger partial charge >= 0.3 is 6.18 Å². The number of hydrogen-bond donors (Lipinski definition) is 2. The van der Waals surface area contributed by atoms with Crippen LogP contribution < -0.4 is 15.2 Å². The summed E-state index contributed by atoms with van der Waals surface area (Å²) in [7, 11) is -0.390. The first kappa shape index (κ1) is 26.8. The summed E-state index contributed by atoms with van der Waals surface area (Å²) in [5, 5.41) is 8.26. The molecule has 3 N–H and O–H groups in total. The van der Waals surface area contributed by atoms with E-state index in [0.717, 1.165) is 32.0 Å². The summed E-state index contributed by atoms with van der Waals surface area (Å²) in [5.74, 6) is -0.222. The zero-order valence-corrected chi connectivity index (χ0v) is 21.1. The summed E-state index contributed by atoms with van der Waals surface area (Å²) in [6.45, 7) is 2.65. The number of carbonyl (C=O) groups excluding carboxylic acids is 1. The number of nitrogens with two attached hydrogens (primary N) is 1. The zero-order valence-electron chi connectivity index (χ0n) is 20.3. The number of nitrogens with one attached hydrogen (secondary N) is 1. The van der Waals surface area contributed by atoms with Gasteiger partial charge in [0.25, 0.3) is 5.91 Å². The van der Waals surface area contributed by atoms with E-state index in [9.17, 15) is 22.2 Å². The van der Waals surface area contributed by atoms with Crippen LogP contribution in [-0.2, 0) is 23.6 Å². The Hall–Kier alpha value is -3.21. The van der Waals surface area contributed by atoms with Gasteiger partial charge in [0.15, 0.2) is 0 Å². The number of anilines is 1. The quantitative estimate of drug-likeness (QED) is 0.416. The van der Waals surface area contributed by atoms with Crippen molar-refractivity contribution in [3.63, 3.8) is 0 Å². The van der Waals surface area contributed by atoms with Crippen LogP contribution >= 0.6 is 0 Å². The van der Waals surface area contributed by atoms with Crippen LogP contribution in [0, 0.1) is 0 Å². The van der Waals surface area contributed by atoms with E-state index >= 15 is 0 Å². The van der Waals surface area contributed by atoms with Crippen molar-refractivity contribution in [3.8, 4) is 16.9 Å². The van der Waals surface area contributed by atoms with Crippen molar-refractivity contribution >= 4 is 22.6 Å². The fourth-order valence-electron chi connectivity index (χ4n) is 4.57. The Morgan fingerprint density at radius 2 is 1.78 bits per heavy atom. The average molecular weight is 532 g/mol. The average Bonchev–Trinajstić information content (AvgIpc) is 3.40. The molecule has 1 fully saturated rings. The summed E-state index contributed by atoms with van der Waals surface area (Å²) >= 11 is 0. The number of nitrogens with zero attached hydrogens (tertiary/aromatic N) is 1. The van der Waals surface area contributed by atoms with Crippen LogP contribution in [0.1, 0.15) is 34.3 Å². The van der Waals surface area contributed by atoms with Gasteiger partial charge in [0.05, 0.1) is 17.6 Å². The largest absolute Gasteiger partial charge is 0.495 e. The van der Waals surface area contributed by atoms with Crippen molar-refractivity contribution in [3.05, 3.63) is 77.4 Å². The molecule has 0 bridgehead atoms. The lowest BCUT2D eigenvalue weighted by atomic mass is 9.93. The molecule has 0 saturated carbocycles. The third-order valence-corrected chi connectivity index (χ3v) is 7.20. The fourth-order valence-corrected chi connectivity index (χ4v) is 5.11. The minimum absolute atomic E-state index is 0.111. The number of ether oxygens (including phenoxy) is 1. The summed E-state index contributed by atoms with van der Waals surface area (Å²) in [5.41, 5.74) is 1.34. The number of rotatable bonds is 8. The Labute approximate surface area is 216 Å². The van der Waals surface area contributed by atoms with Crippen molar-refractivity contribution in [1.82, 2.24) is 4.90 Å². The van der Waals surface area contributed by atoms with Gasteiger partial charge in [0.2, 0.25) is 0 Å². The topological polar surface area (TPSA) is 84.7 Å². The molecule has 1 heterocycles. The number of carbonyl (C=O) groups is 1. The third kappa shape index (κ3) is 6.38. The highest BCUT2D eigenvalue weighted by Crippen LogP contribution is 2.39. The number of alkyl halides is 3. The second-order valence-corrected chi connectivity index (χ2v) is 9.87. The molecule has 0 spiro atoms. The van der Waals surface area contributed by atoms with Gasteiger partial charge in [0, 0.05) is 17.8 Å². The summed E-state index contributed by atoms with van der Waals surface area (Å²) in [6.07, 6.45) is -1.73. The Kier molecular flexibility index (Phi) is 8.31. The summed E-state index contributed by atoms with van der Waals surface area (Å²) in [6, 6.07) is 14.9. The molecule has 196 valence electrons. The van der Waals surface area contributed by atoms with Gasteiger partial charge < -0.3 is 15.0 Å². The molecule has 1 unspecified atom stereocenters. The van der Waals surface area contributed by atoms with Crippen LogP contribution in [0.3, 0.4) is 0 Å². The molecule has 4 rings (SSSR count). The van der Waals surface area contributed by atoms with E-state index in [0.29, 0.717) is 29.8 Å². The highest BCUT2D eigenvalue weighted by atomic mass is 32.2. The normalized spacial score (nSPS) is 14.9. The Balaban J connectivity index is 1.66. The summed E-state index contributed by atoms with van der Waals surface area (Å²) < 4.78 is 58.2. The van der Waals surface area contributed by atoms with Crippen molar-refractivity contribution in [2.24, 2.45) is 5.14 Å². The molecule has 1 atom stereocenters. The minimum atomic E-state index is -4.49. The fraction of sp³-hybridized carbons (Fsp3) is 0.296. The van der Waals surface area contributed by atoms with Gasteiger partial charge in [-0.15, -0.1) is 0 Å². The zero-order chi connectivity index (χ0) is 26.6. The number of halogens is 3. The van der Waals surface area contributed by atoms with Crippen molar-refractivity contribution < 1.29 is 26.9 Å². The second kappa shape index (κ2) is 11.5. The van der Waals surface area contributed by atoms with Gasteiger partial charge in [-0.25, -0.2) is 9.35 Å². The van der Waals surface area contributed by atoms with E-state index in [4.69, 9.17) is 9.88 Å². The molecule has 1 aliphatic heterocycles. The first-order chi connectivity index (χ1) is 17.7. The first-order valence-corrected chi connectivity index (χ1v) is 13.1. The highest BCUT2D eigenvalue weighted by Gasteiger charge is 2.33. The number of likely N-dealkylation sites (tertiary alicyclic amines) is 1. The van der Waals surface area contributed by atoms with Crippen molar-refractivity contribution in [1.29, 1.82) is 0 Å². The Morgan fingerprint density at radius 1 is 1.05 bits per heavy atom. The molecule has 1 amide bonds. The van der Waals surface area contributed by atoms with Crippen molar-refractivity contribution in [2.75, 3.05) is 32.1 Å². The van der Waals surface area contributed by atoms with E-state index in [-0.39, 0.29) is 21.8 Å². The van der Waals surface area contributed by atoms with Crippen LogP contribution in [-0.4, -0.2) is 41.8 Å². The van der Waals surface area contributed by atoms with E-state index in [1.165, 1.54) is 37.4 Å². The van der Waals surface area contributed by atoms with Crippen LogP contribution in [0.5, 0.6) is 5.75 Å². The first-order valence-electron chi connectivity index (χ1n) is 11.8. The molecule has 1 saturated heterocycles. The predicted octanol–water partition coefficient (Wildman–Crippen LogP) is 5.25. The van der Waals surface area contributed by atoms with E-state index in [1.807, 2.05) is 0 Å². The molecule has 0 aromatic heterocycles. The molecule has 0 radical (unpaired) electrons. The summed E-state index contributed by atoms with van der Waals surface area (Å²) in [4.78, 5) is 15.5. The van der Waals surface area contributed by atoms with Crippen LogP contribution in [0.25, 0.3) is 11.1 Å². The number of methoxy groups -OCH3 is 1. The SMILES string of the molecule is COc1cc(C(=O)Nc2ccc(-c3ccccc3C(F)(F)F)c(CCN3CCCC3)c2)ccc1S(N)=O. The van der Waals surface area contributed by atoms with Crippen LogP contribution in [0.4, 0.5) is 18.9 Å². The predicted molar refractivity (Wildman–Crippen MR) is 138 cm³/mol. The molecule has 6 nitrogen and oxygen atoms in total. The smallest absolute Gasteiger partial charge is 0.417 e. The maximum Gasteiger partial charge on any atom is 0.417 e. The highest BCUT2D eigenvalue weighted by molar-refractivity contribution is 7.82. The molecule has 0 aliphatic carbocycles. The molecule has 37 heavy (non-hydrogen) atoms. The molecular formula is C27H28F3N3O3S. The van der Waals surface area contributed by atoms with E-state index in [1.54, 1.807) is 24.3 Å². The number of hydrogen-bond acceptors (Lipinski definition) is 4. The minimum Gasteiger partial charge on any atom is -0.495 e. The van der Waals surface area contributed by atoms with E-state index < -0.39 is 28.6 Å². The lowest BCUT2D eigenvalue weighted by Gasteiger charge is -2.19. The third-order valence-electron chi connectivity index (χ3n) is 6.42. The lowest BCUT2D eigenvalue weighted by Crippen LogP contribution is -2.22. The lowest BCUT2D eigenvalue weighted by molar-refractivity contribution is -0.137. The van der Waals surface area contributed by atoms with Gasteiger partial charge in [-0.05, 0) is 85.4 Å². The standard InChI is InChI=1S/C27H28F3N3O3S/c1-36-24-17-19(8-11-25(24)37(31)35)26(34)32-20-9-10-21(18(16-20)12-15-33-13-4-5-14-33)22-6-2-3-7-23(22)27(28,29)30/h2-3,6-11,16-17H,4-5,12-15,31H2,1H3,(H,32,34). The number of benzene rings is 3. The maximum atomic E-state index is 13.8. The molecular weight excluding hydrogens is 503 g/mol. The van der Waals surface area contributed by atoms with Gasteiger partial charge in [-0.2, -0.15) is 13.2 Å². The Morgan fingerprint density at radius 3 is 2.46 bits per heavy atom. The van der Waals surface area contributed by atoms with Gasteiger partial charge in [-0.3, -0.25) is 4.79 Å². The molecule has 1 aliphatic rings. The molecule has 10 heteroatoms. The maximum absolute atomic E-state index is 13.8. The Bertz CT molecular complexity index is 1310. The molecule has 3 aromatic rings. The van der Waals surface area contributed by atoms with E-state index in [2.05, 4.69) is 10.2 Å². The van der Waals surface area contributed by atoms with Gasteiger partial charge in [-0.1, -0.05) is 24.3 Å². The van der Waals surface area contributed by atoms with Crippen molar-refractivity contribution in [2.45, 2.75) is 30.3 Å².